The van der Waals surface area contributed by atoms with Gasteiger partial charge in [0, 0.05) is 13.1 Å². The molecule has 23 heavy (non-hydrogen) atoms. The molecule has 1 fully saturated rings. The fraction of sp³-hybridized carbons (Fsp3) is 0.889. The molecule has 0 aromatic carbocycles. The van der Waals surface area contributed by atoms with Gasteiger partial charge in [0.25, 0.3) is 0 Å². The Labute approximate surface area is 140 Å². The van der Waals surface area contributed by atoms with Crippen molar-refractivity contribution in [3.8, 4) is 0 Å². The van der Waals surface area contributed by atoms with Crippen LogP contribution >= 0.6 is 0 Å². The molecule has 1 aliphatic heterocycles. The van der Waals surface area contributed by atoms with Crippen molar-refractivity contribution in [1.29, 1.82) is 0 Å². The lowest BCUT2D eigenvalue weighted by Crippen LogP contribution is -2.47. The van der Waals surface area contributed by atoms with Gasteiger partial charge in [-0.2, -0.15) is 0 Å². The zero-order valence-electron chi connectivity index (χ0n) is 15.2. The predicted octanol–water partition coefficient (Wildman–Crippen LogP) is 3.44. The second-order valence-electron chi connectivity index (χ2n) is 8.07. The number of nitrogens with one attached hydrogen (secondary N) is 1. The van der Waals surface area contributed by atoms with Crippen molar-refractivity contribution in [3.63, 3.8) is 0 Å². The van der Waals surface area contributed by atoms with E-state index in [-0.39, 0.29) is 6.09 Å². The molecule has 5 heteroatoms. The first-order valence-corrected chi connectivity index (χ1v) is 9.08. The Bertz CT molecular complexity index is 420. The van der Waals surface area contributed by atoms with E-state index in [0.29, 0.717) is 19.6 Å². The number of carbonyl (C=O) groups excluding carboxylic acids is 1. The van der Waals surface area contributed by atoms with Gasteiger partial charge in [0.1, 0.15) is 11.4 Å². The van der Waals surface area contributed by atoms with Crippen LogP contribution in [0.25, 0.3) is 0 Å². The Hall–Kier alpha value is -1.26. The fourth-order valence-corrected chi connectivity index (χ4v) is 3.25. The van der Waals surface area contributed by atoms with Gasteiger partial charge >= 0.3 is 6.09 Å². The van der Waals surface area contributed by atoms with Gasteiger partial charge in [0.05, 0.1) is 13.1 Å². The first-order valence-electron chi connectivity index (χ1n) is 9.08. The van der Waals surface area contributed by atoms with Crippen LogP contribution in [-0.4, -0.2) is 48.6 Å². The van der Waals surface area contributed by atoms with E-state index in [9.17, 15) is 4.79 Å². The number of carbonyl (C=O) groups is 1. The van der Waals surface area contributed by atoms with E-state index in [1.54, 1.807) is 4.90 Å². The van der Waals surface area contributed by atoms with Gasteiger partial charge in [0.2, 0.25) is 0 Å². The lowest BCUT2D eigenvalue weighted by Gasteiger charge is -2.30. The number of rotatable bonds is 3. The number of amides is 1. The van der Waals surface area contributed by atoms with Crippen LogP contribution in [0, 0.1) is 11.8 Å². The highest BCUT2D eigenvalue weighted by molar-refractivity contribution is 5.87. The SMILES string of the molecule is CC1CCC(CCNC2=NCCN(C(=O)OC(C)(C)C)C2)CC1. The van der Waals surface area contributed by atoms with Crippen LogP contribution in [0.2, 0.25) is 0 Å². The molecule has 0 atom stereocenters. The molecule has 0 bridgehead atoms. The second-order valence-corrected chi connectivity index (χ2v) is 8.07. The van der Waals surface area contributed by atoms with Gasteiger partial charge in [-0.25, -0.2) is 4.79 Å². The van der Waals surface area contributed by atoms with Gasteiger partial charge in [-0.3, -0.25) is 9.89 Å². The predicted molar refractivity (Wildman–Crippen MR) is 93.9 cm³/mol. The van der Waals surface area contributed by atoms with Gasteiger partial charge < -0.3 is 10.1 Å². The molecule has 1 amide bonds. The lowest BCUT2D eigenvalue weighted by atomic mass is 9.81. The summed E-state index contributed by atoms with van der Waals surface area (Å²) in [7, 11) is 0. The summed E-state index contributed by atoms with van der Waals surface area (Å²) < 4.78 is 5.44. The maximum absolute atomic E-state index is 12.1. The van der Waals surface area contributed by atoms with Crippen LogP contribution < -0.4 is 5.32 Å². The largest absolute Gasteiger partial charge is 0.444 e. The Balaban J connectivity index is 1.70. The summed E-state index contributed by atoms with van der Waals surface area (Å²) in [5, 5.41) is 3.43. The Morgan fingerprint density at radius 2 is 2.00 bits per heavy atom. The summed E-state index contributed by atoms with van der Waals surface area (Å²) in [6, 6.07) is 0. The van der Waals surface area contributed by atoms with E-state index in [1.165, 1.54) is 32.1 Å². The first-order chi connectivity index (χ1) is 10.8. The van der Waals surface area contributed by atoms with E-state index in [4.69, 9.17) is 4.74 Å². The third-order valence-electron chi connectivity index (χ3n) is 4.68. The highest BCUT2D eigenvalue weighted by atomic mass is 16.6. The van der Waals surface area contributed by atoms with Crippen LogP contribution in [-0.2, 0) is 4.74 Å². The number of hydrogen-bond donors (Lipinski definition) is 1. The van der Waals surface area contributed by atoms with Crippen molar-refractivity contribution in [3.05, 3.63) is 0 Å². The van der Waals surface area contributed by atoms with Crippen LogP contribution in [0.1, 0.15) is 59.8 Å². The van der Waals surface area contributed by atoms with Gasteiger partial charge in [0.15, 0.2) is 0 Å². The molecule has 1 saturated carbocycles. The summed E-state index contributed by atoms with van der Waals surface area (Å²) in [6.45, 7) is 10.8. The number of aliphatic imine (C=N–C) groups is 1. The van der Waals surface area contributed by atoms with Crippen molar-refractivity contribution in [2.45, 2.75) is 65.4 Å². The number of nitrogens with zero attached hydrogens (tertiary/aromatic N) is 2. The van der Waals surface area contributed by atoms with Crippen molar-refractivity contribution in [2.75, 3.05) is 26.2 Å². The van der Waals surface area contributed by atoms with E-state index >= 15 is 0 Å². The lowest BCUT2D eigenvalue weighted by molar-refractivity contribution is 0.0276. The summed E-state index contributed by atoms with van der Waals surface area (Å²) in [4.78, 5) is 18.4. The quantitative estimate of drug-likeness (QED) is 0.865. The van der Waals surface area contributed by atoms with Gasteiger partial charge in [-0.05, 0) is 39.0 Å². The maximum atomic E-state index is 12.1. The van der Waals surface area contributed by atoms with Crippen LogP contribution in [0.3, 0.4) is 0 Å². The second kappa shape index (κ2) is 8.02. The zero-order valence-corrected chi connectivity index (χ0v) is 15.2. The molecule has 2 aliphatic rings. The van der Waals surface area contributed by atoms with Crippen LogP contribution in [0.4, 0.5) is 4.79 Å². The summed E-state index contributed by atoms with van der Waals surface area (Å²) >= 11 is 0. The van der Waals surface area contributed by atoms with Gasteiger partial charge in [-0.15, -0.1) is 0 Å². The average Bonchev–Trinajstić information content (AvgIpc) is 2.48. The third-order valence-corrected chi connectivity index (χ3v) is 4.68. The van der Waals surface area contributed by atoms with Crippen LogP contribution in [0.15, 0.2) is 4.99 Å². The molecule has 2 rings (SSSR count). The molecule has 5 nitrogen and oxygen atoms in total. The van der Waals surface area contributed by atoms with E-state index in [1.807, 2.05) is 20.8 Å². The zero-order chi connectivity index (χ0) is 16.9. The standard InChI is InChI=1S/C18H33N3O2/c1-14-5-7-15(8-6-14)9-10-19-16-13-21(12-11-20-16)17(22)23-18(2,3)4/h14-15H,5-13H2,1-4H3,(H,19,20). The van der Waals surface area contributed by atoms with E-state index in [0.717, 1.165) is 24.2 Å². The molecule has 0 saturated heterocycles. The minimum absolute atomic E-state index is 0.243. The van der Waals surface area contributed by atoms with Crippen molar-refractivity contribution >= 4 is 11.9 Å². The first kappa shape index (κ1) is 18.1. The van der Waals surface area contributed by atoms with E-state index in [2.05, 4.69) is 17.2 Å². The molecule has 0 unspecified atom stereocenters. The fourth-order valence-electron chi connectivity index (χ4n) is 3.25. The van der Waals surface area contributed by atoms with Crippen LogP contribution in [0.5, 0.6) is 0 Å². The minimum Gasteiger partial charge on any atom is -0.444 e. The summed E-state index contributed by atoms with van der Waals surface area (Å²) in [6.07, 6.45) is 6.43. The highest BCUT2D eigenvalue weighted by Gasteiger charge is 2.25. The summed E-state index contributed by atoms with van der Waals surface area (Å²) in [5.41, 5.74) is -0.447. The monoisotopic (exact) mass is 323 g/mol. The van der Waals surface area contributed by atoms with Crippen molar-refractivity contribution in [1.82, 2.24) is 10.2 Å². The van der Waals surface area contributed by atoms with Gasteiger partial charge in [-0.1, -0.05) is 32.6 Å². The highest BCUT2D eigenvalue weighted by Crippen LogP contribution is 2.29. The summed E-state index contributed by atoms with van der Waals surface area (Å²) in [5.74, 6) is 2.68. The molecular formula is C18H33N3O2. The Kier molecular flexibility index (Phi) is 6.31. The molecule has 0 aromatic heterocycles. The molecule has 1 heterocycles. The topological polar surface area (TPSA) is 53.9 Å². The molecule has 1 aliphatic carbocycles. The minimum atomic E-state index is -0.447. The third kappa shape index (κ3) is 6.40. The molecule has 132 valence electrons. The smallest absolute Gasteiger partial charge is 0.410 e. The van der Waals surface area contributed by atoms with Crippen molar-refractivity contribution < 1.29 is 9.53 Å². The molecule has 1 N–H and O–H groups in total. The molecule has 0 aromatic rings. The maximum Gasteiger partial charge on any atom is 0.410 e. The van der Waals surface area contributed by atoms with Crippen molar-refractivity contribution in [2.24, 2.45) is 16.8 Å². The molecular weight excluding hydrogens is 290 g/mol. The Morgan fingerprint density at radius 1 is 1.30 bits per heavy atom. The number of ether oxygens (including phenoxy) is 1. The number of amidine groups is 1. The average molecular weight is 323 g/mol. The number of hydrogen-bond acceptors (Lipinski definition) is 4. The van der Waals surface area contributed by atoms with E-state index < -0.39 is 5.60 Å². The Morgan fingerprint density at radius 3 is 2.65 bits per heavy atom. The molecule has 0 spiro atoms. The normalized spacial score (nSPS) is 25.7. The molecule has 0 radical (unpaired) electrons.